The standard InChI is InChI=1S/C7H13N.C2H6/c1-5-6-2-3-7(4-6)8-5;1-2/h5-8H,2-4H2,1H3;1-2H3. The molecule has 1 aliphatic carbocycles. The lowest BCUT2D eigenvalue weighted by Crippen LogP contribution is -2.32. The normalized spacial score (nSPS) is 42.9. The monoisotopic (exact) mass is 141 g/mol. The van der Waals surface area contributed by atoms with Gasteiger partial charge in [-0.15, -0.1) is 0 Å². The molecular formula is C9H19N. The summed E-state index contributed by atoms with van der Waals surface area (Å²) in [5, 5.41) is 3.55. The van der Waals surface area contributed by atoms with E-state index in [9.17, 15) is 0 Å². The second-order valence-corrected chi connectivity index (χ2v) is 3.23. The summed E-state index contributed by atoms with van der Waals surface area (Å²) in [5.74, 6) is 1.03. The van der Waals surface area contributed by atoms with Gasteiger partial charge in [0.1, 0.15) is 0 Å². The van der Waals surface area contributed by atoms with Crippen LogP contribution in [-0.4, -0.2) is 12.1 Å². The summed E-state index contributed by atoms with van der Waals surface area (Å²) >= 11 is 0. The average molecular weight is 141 g/mol. The number of nitrogens with one attached hydrogen (secondary N) is 1. The van der Waals surface area contributed by atoms with Crippen molar-refractivity contribution in [1.29, 1.82) is 0 Å². The zero-order valence-corrected chi connectivity index (χ0v) is 7.35. The minimum absolute atomic E-state index is 0.828. The summed E-state index contributed by atoms with van der Waals surface area (Å²) in [6, 6.07) is 1.73. The number of piperidine rings is 1. The third-order valence-corrected chi connectivity index (χ3v) is 2.68. The summed E-state index contributed by atoms with van der Waals surface area (Å²) in [6.45, 7) is 6.31. The van der Waals surface area contributed by atoms with Crippen molar-refractivity contribution in [3.8, 4) is 0 Å². The Labute approximate surface area is 64.2 Å². The van der Waals surface area contributed by atoms with Crippen LogP contribution in [0.2, 0.25) is 0 Å². The molecule has 2 rings (SSSR count). The zero-order valence-electron chi connectivity index (χ0n) is 7.35. The average Bonchev–Trinajstić information content (AvgIpc) is 2.52. The maximum absolute atomic E-state index is 3.55. The molecule has 0 spiro atoms. The molecule has 10 heavy (non-hydrogen) atoms. The van der Waals surface area contributed by atoms with E-state index < -0.39 is 0 Å². The third-order valence-electron chi connectivity index (χ3n) is 2.68. The van der Waals surface area contributed by atoms with E-state index in [4.69, 9.17) is 0 Å². The van der Waals surface area contributed by atoms with Crippen LogP contribution in [0.15, 0.2) is 0 Å². The Balaban J connectivity index is 0.000000231. The summed E-state index contributed by atoms with van der Waals surface area (Å²) in [4.78, 5) is 0. The smallest absolute Gasteiger partial charge is 0.00729 e. The fourth-order valence-corrected chi connectivity index (χ4v) is 2.13. The van der Waals surface area contributed by atoms with E-state index in [-0.39, 0.29) is 0 Å². The van der Waals surface area contributed by atoms with Gasteiger partial charge in [-0.3, -0.25) is 0 Å². The van der Waals surface area contributed by atoms with E-state index in [1.165, 1.54) is 19.3 Å². The first-order chi connectivity index (χ1) is 4.86. The number of hydrogen-bond acceptors (Lipinski definition) is 1. The second kappa shape index (κ2) is 3.38. The predicted molar refractivity (Wildman–Crippen MR) is 45.1 cm³/mol. The highest BCUT2D eigenvalue weighted by Crippen LogP contribution is 2.34. The van der Waals surface area contributed by atoms with Gasteiger partial charge in [0.25, 0.3) is 0 Å². The molecular weight excluding hydrogens is 122 g/mol. The molecule has 2 bridgehead atoms. The van der Waals surface area contributed by atoms with Gasteiger partial charge in [0.2, 0.25) is 0 Å². The van der Waals surface area contributed by atoms with Gasteiger partial charge in [-0.1, -0.05) is 13.8 Å². The van der Waals surface area contributed by atoms with Gasteiger partial charge in [-0.05, 0) is 32.1 Å². The van der Waals surface area contributed by atoms with Gasteiger partial charge >= 0.3 is 0 Å². The highest BCUT2D eigenvalue weighted by molar-refractivity contribution is 4.94. The van der Waals surface area contributed by atoms with Crippen LogP contribution in [0.25, 0.3) is 0 Å². The number of hydrogen-bond donors (Lipinski definition) is 1. The quantitative estimate of drug-likeness (QED) is 0.545. The summed E-state index contributed by atoms with van der Waals surface area (Å²) in [7, 11) is 0. The van der Waals surface area contributed by atoms with Crippen molar-refractivity contribution in [3.63, 3.8) is 0 Å². The Morgan fingerprint density at radius 3 is 2.10 bits per heavy atom. The molecule has 0 amide bonds. The topological polar surface area (TPSA) is 12.0 Å². The Morgan fingerprint density at radius 1 is 1.20 bits per heavy atom. The van der Waals surface area contributed by atoms with Crippen molar-refractivity contribution < 1.29 is 0 Å². The maximum atomic E-state index is 3.55. The van der Waals surface area contributed by atoms with E-state index in [0.717, 1.165) is 18.0 Å². The minimum atomic E-state index is 0.828. The van der Waals surface area contributed by atoms with Crippen LogP contribution < -0.4 is 5.32 Å². The molecule has 1 saturated carbocycles. The first-order valence-electron chi connectivity index (χ1n) is 4.62. The van der Waals surface area contributed by atoms with E-state index >= 15 is 0 Å². The molecule has 0 aromatic rings. The van der Waals surface area contributed by atoms with Crippen LogP contribution in [0.1, 0.15) is 40.0 Å². The number of rotatable bonds is 0. The van der Waals surface area contributed by atoms with Gasteiger partial charge in [-0.25, -0.2) is 0 Å². The maximum Gasteiger partial charge on any atom is 0.00729 e. The molecule has 3 unspecified atom stereocenters. The molecule has 1 saturated heterocycles. The van der Waals surface area contributed by atoms with Gasteiger partial charge in [0, 0.05) is 12.1 Å². The molecule has 1 nitrogen and oxygen atoms in total. The Kier molecular flexibility index (Phi) is 2.72. The van der Waals surface area contributed by atoms with Crippen LogP contribution in [0.4, 0.5) is 0 Å². The molecule has 60 valence electrons. The van der Waals surface area contributed by atoms with E-state index in [1.54, 1.807) is 0 Å². The summed E-state index contributed by atoms with van der Waals surface area (Å²) in [5.41, 5.74) is 0. The van der Waals surface area contributed by atoms with E-state index in [1.807, 2.05) is 13.8 Å². The van der Waals surface area contributed by atoms with Crippen LogP contribution >= 0.6 is 0 Å². The molecule has 1 aliphatic heterocycles. The molecule has 2 fully saturated rings. The summed E-state index contributed by atoms with van der Waals surface area (Å²) in [6.07, 6.45) is 4.38. The predicted octanol–water partition coefficient (Wildman–Crippen LogP) is 2.17. The molecule has 2 aliphatic rings. The lowest BCUT2D eigenvalue weighted by atomic mass is 10.0. The SMILES string of the molecule is CC.CC1NC2CCC1C2. The van der Waals surface area contributed by atoms with Gasteiger partial charge in [0.05, 0.1) is 0 Å². The lowest BCUT2D eigenvalue weighted by molar-refractivity contribution is 0.405. The van der Waals surface area contributed by atoms with Crippen molar-refractivity contribution in [1.82, 2.24) is 5.32 Å². The van der Waals surface area contributed by atoms with Crippen molar-refractivity contribution in [2.24, 2.45) is 5.92 Å². The highest BCUT2D eigenvalue weighted by Gasteiger charge is 2.35. The van der Waals surface area contributed by atoms with Crippen molar-refractivity contribution in [3.05, 3.63) is 0 Å². The van der Waals surface area contributed by atoms with Crippen LogP contribution in [0, 0.1) is 5.92 Å². The van der Waals surface area contributed by atoms with Gasteiger partial charge in [0.15, 0.2) is 0 Å². The first kappa shape index (κ1) is 8.06. The molecule has 0 radical (unpaired) electrons. The van der Waals surface area contributed by atoms with Crippen LogP contribution in [0.5, 0.6) is 0 Å². The second-order valence-electron chi connectivity index (χ2n) is 3.23. The van der Waals surface area contributed by atoms with Crippen LogP contribution in [-0.2, 0) is 0 Å². The van der Waals surface area contributed by atoms with Crippen LogP contribution in [0.3, 0.4) is 0 Å². The first-order valence-corrected chi connectivity index (χ1v) is 4.62. The Hall–Kier alpha value is -0.0400. The molecule has 1 N–H and O–H groups in total. The lowest BCUT2D eigenvalue weighted by Gasteiger charge is -2.17. The van der Waals surface area contributed by atoms with Crippen molar-refractivity contribution in [2.45, 2.75) is 52.1 Å². The Morgan fingerprint density at radius 2 is 1.90 bits per heavy atom. The van der Waals surface area contributed by atoms with E-state index in [0.29, 0.717) is 0 Å². The zero-order chi connectivity index (χ0) is 7.56. The fraction of sp³-hybridized carbons (Fsp3) is 1.00. The van der Waals surface area contributed by atoms with Crippen molar-refractivity contribution in [2.75, 3.05) is 0 Å². The highest BCUT2D eigenvalue weighted by atomic mass is 15.0. The summed E-state index contributed by atoms with van der Waals surface area (Å²) < 4.78 is 0. The molecule has 0 aromatic heterocycles. The largest absolute Gasteiger partial charge is 0.311 e. The van der Waals surface area contributed by atoms with Gasteiger partial charge < -0.3 is 5.32 Å². The minimum Gasteiger partial charge on any atom is -0.311 e. The molecule has 3 atom stereocenters. The van der Waals surface area contributed by atoms with Crippen molar-refractivity contribution >= 4 is 0 Å². The molecule has 0 aromatic carbocycles. The fourth-order valence-electron chi connectivity index (χ4n) is 2.13. The van der Waals surface area contributed by atoms with Gasteiger partial charge in [-0.2, -0.15) is 0 Å². The molecule has 1 heteroatoms. The Bertz CT molecular complexity index is 98.9. The van der Waals surface area contributed by atoms with E-state index in [2.05, 4.69) is 12.2 Å². The third kappa shape index (κ3) is 1.34. The molecule has 1 heterocycles. The number of fused-ring (bicyclic) bond motifs is 2.